The largest absolute Gasteiger partial charge is 0.348 e. The van der Waals surface area contributed by atoms with E-state index >= 15 is 0 Å². The van der Waals surface area contributed by atoms with Crippen LogP contribution in [0.3, 0.4) is 0 Å². The van der Waals surface area contributed by atoms with E-state index in [0.717, 1.165) is 32.6 Å². The molecule has 0 aromatic heterocycles. The summed E-state index contributed by atoms with van der Waals surface area (Å²) in [6.07, 6.45) is 1.50. The van der Waals surface area contributed by atoms with Crippen LogP contribution in [0.5, 0.6) is 0 Å². The van der Waals surface area contributed by atoms with Gasteiger partial charge in [0.05, 0.1) is 17.2 Å². The Morgan fingerprint density at radius 2 is 1.69 bits per heavy atom. The number of sulfone groups is 1. The minimum absolute atomic E-state index is 0.0535. The molecule has 2 rings (SSSR count). The quantitative estimate of drug-likeness (QED) is 0.658. The Morgan fingerprint density at radius 3 is 2.35 bits per heavy atom. The predicted octanol–water partition coefficient (Wildman–Crippen LogP) is 1.09. The number of carbonyl (C=O) groups is 1. The van der Waals surface area contributed by atoms with Gasteiger partial charge in [0.25, 0.3) is 0 Å². The molecule has 0 saturated carbocycles. The lowest BCUT2D eigenvalue weighted by atomic mass is 10.3. The van der Waals surface area contributed by atoms with Crippen LogP contribution in [0.4, 0.5) is 4.39 Å². The van der Waals surface area contributed by atoms with Crippen LogP contribution in [0.2, 0.25) is 0 Å². The number of benzene rings is 1. The minimum Gasteiger partial charge on any atom is -0.348 e. The molecule has 1 fully saturated rings. The predicted molar refractivity (Wildman–Crippen MR) is 99.3 cm³/mol. The molecule has 1 aliphatic heterocycles. The molecule has 1 heterocycles. The van der Waals surface area contributed by atoms with Crippen LogP contribution < -0.4 is 0 Å². The smallest absolute Gasteiger partial charge is 0.236 e. The molecule has 1 aromatic carbocycles. The van der Waals surface area contributed by atoms with Crippen LogP contribution in [-0.2, 0) is 14.6 Å². The van der Waals surface area contributed by atoms with E-state index in [1.807, 2.05) is 0 Å². The molecule has 1 aromatic rings. The second-order valence-corrected chi connectivity index (χ2v) is 9.00. The number of hydrogen-bond donors (Lipinski definition) is 0. The number of nitrogens with zero attached hydrogens (tertiary/aromatic N) is 3. The molecule has 0 unspecified atom stereocenters. The maximum absolute atomic E-state index is 12.9. The first-order chi connectivity index (χ1) is 12.3. The molecule has 6 nitrogen and oxygen atoms in total. The fourth-order valence-electron chi connectivity index (χ4n) is 2.98. The van der Waals surface area contributed by atoms with Gasteiger partial charge in [0.1, 0.15) is 5.82 Å². The van der Waals surface area contributed by atoms with Crippen molar-refractivity contribution in [1.29, 1.82) is 0 Å². The van der Waals surface area contributed by atoms with Crippen molar-refractivity contribution in [2.75, 3.05) is 59.1 Å². The van der Waals surface area contributed by atoms with E-state index in [-0.39, 0.29) is 16.6 Å². The minimum atomic E-state index is -3.38. The van der Waals surface area contributed by atoms with Gasteiger partial charge >= 0.3 is 0 Å². The number of rotatable bonds is 7. The zero-order valence-electron chi connectivity index (χ0n) is 15.5. The third kappa shape index (κ3) is 6.34. The van der Waals surface area contributed by atoms with Gasteiger partial charge in [-0.25, -0.2) is 12.8 Å². The van der Waals surface area contributed by atoms with E-state index in [0.29, 0.717) is 19.5 Å². The highest BCUT2D eigenvalue weighted by atomic mass is 32.2. The standard InChI is InChI=1S/C18H28FN3O3S/c1-20(2)18(23)15-22-10-3-9-21(12-13-22)11-4-14-26(24,25)17-7-5-16(19)6-8-17/h5-8H,3-4,9-15H2,1-2H3. The van der Waals surface area contributed by atoms with Crippen molar-refractivity contribution < 1.29 is 17.6 Å². The van der Waals surface area contributed by atoms with Crippen LogP contribution in [0.15, 0.2) is 29.2 Å². The van der Waals surface area contributed by atoms with Crippen molar-refractivity contribution >= 4 is 15.7 Å². The average molecular weight is 386 g/mol. The number of carbonyl (C=O) groups excluding carboxylic acids is 1. The molecule has 0 radical (unpaired) electrons. The average Bonchev–Trinajstić information content (AvgIpc) is 2.80. The summed E-state index contributed by atoms with van der Waals surface area (Å²) in [5.74, 6) is -0.285. The van der Waals surface area contributed by atoms with Gasteiger partial charge < -0.3 is 9.80 Å². The van der Waals surface area contributed by atoms with Gasteiger partial charge in [-0.3, -0.25) is 9.69 Å². The number of hydrogen-bond acceptors (Lipinski definition) is 5. The SMILES string of the molecule is CN(C)C(=O)CN1CCCN(CCCS(=O)(=O)c2ccc(F)cc2)CC1. The van der Waals surface area contributed by atoms with E-state index < -0.39 is 15.7 Å². The molecule has 1 aliphatic rings. The summed E-state index contributed by atoms with van der Waals surface area (Å²) in [7, 11) is 0.139. The van der Waals surface area contributed by atoms with Gasteiger partial charge in [0.15, 0.2) is 9.84 Å². The van der Waals surface area contributed by atoms with Crippen molar-refractivity contribution in [2.45, 2.75) is 17.7 Å². The van der Waals surface area contributed by atoms with Crippen molar-refractivity contribution in [1.82, 2.24) is 14.7 Å². The van der Waals surface area contributed by atoms with Gasteiger partial charge in [-0.15, -0.1) is 0 Å². The third-order valence-electron chi connectivity index (χ3n) is 4.60. The van der Waals surface area contributed by atoms with Crippen LogP contribution in [0.1, 0.15) is 12.8 Å². The van der Waals surface area contributed by atoms with Crippen molar-refractivity contribution in [3.05, 3.63) is 30.1 Å². The van der Waals surface area contributed by atoms with Gasteiger partial charge in [0, 0.05) is 27.2 Å². The summed E-state index contributed by atoms with van der Waals surface area (Å²) in [6.45, 7) is 4.56. The summed E-state index contributed by atoms with van der Waals surface area (Å²) in [4.78, 5) is 18.0. The van der Waals surface area contributed by atoms with E-state index in [1.54, 1.807) is 19.0 Å². The van der Waals surface area contributed by atoms with Gasteiger partial charge in [-0.05, 0) is 56.7 Å². The van der Waals surface area contributed by atoms with Gasteiger partial charge in [-0.2, -0.15) is 0 Å². The lowest BCUT2D eigenvalue weighted by Gasteiger charge is -2.22. The lowest BCUT2D eigenvalue weighted by Crippen LogP contribution is -2.38. The van der Waals surface area contributed by atoms with Crippen molar-refractivity contribution in [3.8, 4) is 0 Å². The Hall–Kier alpha value is -1.51. The van der Waals surface area contributed by atoms with Crippen LogP contribution in [-0.4, -0.2) is 88.1 Å². The van der Waals surface area contributed by atoms with E-state index in [2.05, 4.69) is 9.80 Å². The first-order valence-corrected chi connectivity index (χ1v) is 10.6. The molecular formula is C18H28FN3O3S. The Labute approximate surface area is 155 Å². The van der Waals surface area contributed by atoms with E-state index in [9.17, 15) is 17.6 Å². The summed E-state index contributed by atoms with van der Waals surface area (Å²) < 4.78 is 37.5. The summed E-state index contributed by atoms with van der Waals surface area (Å²) in [6, 6.07) is 4.98. The molecule has 0 spiro atoms. The molecule has 146 valence electrons. The van der Waals surface area contributed by atoms with Crippen molar-refractivity contribution in [3.63, 3.8) is 0 Å². The third-order valence-corrected chi connectivity index (χ3v) is 6.42. The zero-order chi connectivity index (χ0) is 19.2. The summed E-state index contributed by atoms with van der Waals surface area (Å²) in [5.41, 5.74) is 0. The first-order valence-electron chi connectivity index (χ1n) is 8.91. The summed E-state index contributed by atoms with van der Waals surface area (Å²) in [5, 5.41) is 0. The van der Waals surface area contributed by atoms with Gasteiger partial charge in [-0.1, -0.05) is 0 Å². The maximum atomic E-state index is 12.9. The fourth-order valence-corrected chi connectivity index (χ4v) is 4.27. The van der Waals surface area contributed by atoms with Crippen LogP contribution in [0.25, 0.3) is 0 Å². The molecule has 0 atom stereocenters. The Balaban J connectivity index is 1.77. The highest BCUT2D eigenvalue weighted by Crippen LogP contribution is 2.13. The molecule has 0 bridgehead atoms. The van der Waals surface area contributed by atoms with Gasteiger partial charge in [0.2, 0.25) is 5.91 Å². The van der Waals surface area contributed by atoms with Crippen molar-refractivity contribution in [2.24, 2.45) is 0 Å². The monoisotopic (exact) mass is 385 g/mol. The van der Waals surface area contributed by atoms with Crippen LogP contribution in [0, 0.1) is 5.82 Å². The normalized spacial score (nSPS) is 17.0. The Bertz CT molecular complexity index is 692. The molecular weight excluding hydrogens is 357 g/mol. The van der Waals surface area contributed by atoms with E-state index in [1.165, 1.54) is 24.3 Å². The molecule has 1 amide bonds. The number of amides is 1. The lowest BCUT2D eigenvalue weighted by molar-refractivity contribution is -0.129. The number of halogens is 1. The van der Waals surface area contributed by atoms with Crippen LogP contribution >= 0.6 is 0 Å². The maximum Gasteiger partial charge on any atom is 0.236 e. The number of likely N-dealkylation sites (N-methyl/N-ethyl adjacent to an activating group) is 1. The molecule has 26 heavy (non-hydrogen) atoms. The zero-order valence-corrected chi connectivity index (χ0v) is 16.3. The topological polar surface area (TPSA) is 60.9 Å². The fraction of sp³-hybridized carbons (Fsp3) is 0.611. The molecule has 8 heteroatoms. The summed E-state index contributed by atoms with van der Waals surface area (Å²) >= 11 is 0. The highest BCUT2D eigenvalue weighted by Gasteiger charge is 2.19. The Morgan fingerprint density at radius 1 is 1.08 bits per heavy atom. The first kappa shape index (κ1) is 20.8. The molecule has 1 saturated heterocycles. The highest BCUT2D eigenvalue weighted by molar-refractivity contribution is 7.91. The van der Waals surface area contributed by atoms with E-state index in [4.69, 9.17) is 0 Å². The Kier molecular flexibility index (Phi) is 7.55. The molecule has 0 aliphatic carbocycles. The second-order valence-electron chi connectivity index (χ2n) is 6.89. The second kappa shape index (κ2) is 9.43. The molecule has 0 N–H and O–H groups in total.